The lowest BCUT2D eigenvalue weighted by molar-refractivity contribution is -0.115. The number of fused-ring (bicyclic) bond motifs is 3. The molecule has 3 nitrogen and oxygen atoms in total. The number of furan rings is 1. The predicted molar refractivity (Wildman–Crippen MR) is 104 cm³/mol. The number of rotatable bonds is 4. The van der Waals surface area contributed by atoms with Crippen molar-refractivity contribution in [1.29, 1.82) is 0 Å². The van der Waals surface area contributed by atoms with Gasteiger partial charge in [0.15, 0.2) is 0 Å². The van der Waals surface area contributed by atoms with Crippen LogP contribution in [0.3, 0.4) is 0 Å². The van der Waals surface area contributed by atoms with Crippen LogP contribution in [0.25, 0.3) is 21.9 Å². The first kappa shape index (κ1) is 15.8. The summed E-state index contributed by atoms with van der Waals surface area (Å²) in [6.45, 7) is 0. The van der Waals surface area contributed by atoms with E-state index < -0.39 is 0 Å². The monoisotopic (exact) mass is 347 g/mol. The van der Waals surface area contributed by atoms with Crippen LogP contribution in [0.2, 0.25) is 0 Å². The van der Waals surface area contributed by atoms with E-state index in [-0.39, 0.29) is 5.91 Å². The van der Waals surface area contributed by atoms with Crippen molar-refractivity contribution in [3.05, 3.63) is 72.3 Å². The molecule has 0 atom stereocenters. The third-order valence-electron chi connectivity index (χ3n) is 4.18. The van der Waals surface area contributed by atoms with Crippen LogP contribution in [0.1, 0.15) is 5.56 Å². The number of amides is 1. The number of carbonyl (C=O) groups excluding carboxylic acids is 1. The molecule has 1 N–H and O–H groups in total. The second kappa shape index (κ2) is 6.65. The summed E-state index contributed by atoms with van der Waals surface area (Å²) in [6, 6.07) is 21.7. The minimum absolute atomic E-state index is 0.0240. The van der Waals surface area contributed by atoms with Gasteiger partial charge in [0.1, 0.15) is 11.2 Å². The number of anilines is 1. The van der Waals surface area contributed by atoms with Gasteiger partial charge >= 0.3 is 0 Å². The Balaban J connectivity index is 1.55. The van der Waals surface area contributed by atoms with Crippen LogP contribution in [-0.2, 0) is 11.2 Å². The van der Waals surface area contributed by atoms with Gasteiger partial charge in [-0.1, -0.05) is 24.3 Å². The highest BCUT2D eigenvalue weighted by atomic mass is 32.2. The maximum Gasteiger partial charge on any atom is 0.228 e. The summed E-state index contributed by atoms with van der Waals surface area (Å²) in [7, 11) is 0. The molecule has 0 radical (unpaired) electrons. The summed E-state index contributed by atoms with van der Waals surface area (Å²) >= 11 is 1.68. The van der Waals surface area contributed by atoms with Crippen molar-refractivity contribution in [2.75, 3.05) is 11.6 Å². The molecule has 1 amide bonds. The van der Waals surface area contributed by atoms with E-state index >= 15 is 0 Å². The zero-order valence-corrected chi connectivity index (χ0v) is 14.6. The van der Waals surface area contributed by atoms with Crippen LogP contribution in [0.15, 0.2) is 76.0 Å². The van der Waals surface area contributed by atoms with Crippen molar-refractivity contribution >= 4 is 45.3 Å². The Kier molecular flexibility index (Phi) is 4.20. The molecule has 0 aliphatic rings. The van der Waals surface area contributed by atoms with Gasteiger partial charge in [-0.25, -0.2) is 0 Å². The molecule has 3 aromatic carbocycles. The number of nitrogens with one attached hydrogen (secondary N) is 1. The van der Waals surface area contributed by atoms with Crippen LogP contribution < -0.4 is 5.32 Å². The van der Waals surface area contributed by atoms with E-state index in [1.165, 1.54) is 4.90 Å². The Morgan fingerprint density at radius 1 is 0.960 bits per heavy atom. The van der Waals surface area contributed by atoms with Gasteiger partial charge in [0, 0.05) is 21.4 Å². The topological polar surface area (TPSA) is 42.2 Å². The third kappa shape index (κ3) is 3.26. The van der Waals surface area contributed by atoms with Gasteiger partial charge in [0.2, 0.25) is 5.91 Å². The normalized spacial score (nSPS) is 11.1. The molecule has 0 aliphatic heterocycles. The SMILES string of the molecule is CSc1ccc(NC(=O)Cc2ccc3oc4ccccc4c3c2)cc1. The average molecular weight is 347 g/mol. The van der Waals surface area contributed by atoms with E-state index in [1.54, 1.807) is 11.8 Å². The van der Waals surface area contributed by atoms with Crippen molar-refractivity contribution < 1.29 is 9.21 Å². The molecule has 4 rings (SSSR count). The van der Waals surface area contributed by atoms with Crippen LogP contribution in [0, 0.1) is 0 Å². The molecular weight excluding hydrogens is 330 g/mol. The number of benzene rings is 3. The summed E-state index contributed by atoms with van der Waals surface area (Å²) in [6.07, 6.45) is 2.36. The Morgan fingerprint density at radius 2 is 1.72 bits per heavy atom. The molecule has 4 heteroatoms. The van der Waals surface area contributed by atoms with E-state index in [0.717, 1.165) is 33.2 Å². The van der Waals surface area contributed by atoms with Crippen molar-refractivity contribution in [3.8, 4) is 0 Å². The van der Waals surface area contributed by atoms with Crippen molar-refractivity contribution in [3.63, 3.8) is 0 Å². The van der Waals surface area contributed by atoms with Crippen molar-refractivity contribution in [1.82, 2.24) is 0 Å². The molecule has 0 fully saturated rings. The predicted octanol–water partition coefficient (Wildman–Crippen LogP) is 5.49. The largest absolute Gasteiger partial charge is 0.456 e. The maximum atomic E-state index is 12.3. The van der Waals surface area contributed by atoms with Crippen molar-refractivity contribution in [2.45, 2.75) is 11.3 Å². The number of hydrogen-bond acceptors (Lipinski definition) is 3. The fourth-order valence-corrected chi connectivity index (χ4v) is 3.36. The summed E-state index contributed by atoms with van der Waals surface area (Å²) in [5.41, 5.74) is 3.50. The van der Waals surface area contributed by atoms with E-state index in [4.69, 9.17) is 4.42 Å². The molecule has 1 aromatic heterocycles. The Hall–Kier alpha value is -2.72. The van der Waals surface area contributed by atoms with Gasteiger partial charge in [-0.15, -0.1) is 11.8 Å². The average Bonchev–Trinajstić information content (AvgIpc) is 3.00. The van der Waals surface area contributed by atoms with Crippen LogP contribution in [-0.4, -0.2) is 12.2 Å². The quantitative estimate of drug-likeness (QED) is 0.496. The summed E-state index contributed by atoms with van der Waals surface area (Å²) < 4.78 is 5.83. The van der Waals surface area contributed by atoms with E-state index in [9.17, 15) is 4.79 Å². The Labute approximate surface area is 150 Å². The number of para-hydroxylation sites is 1. The first-order valence-corrected chi connectivity index (χ1v) is 9.29. The fraction of sp³-hybridized carbons (Fsp3) is 0.0952. The highest BCUT2D eigenvalue weighted by Crippen LogP contribution is 2.29. The molecule has 1 heterocycles. The maximum absolute atomic E-state index is 12.3. The molecule has 0 saturated heterocycles. The summed E-state index contributed by atoms with van der Waals surface area (Å²) in [5.74, 6) is -0.0240. The van der Waals surface area contributed by atoms with Gasteiger partial charge in [0.25, 0.3) is 0 Å². The Morgan fingerprint density at radius 3 is 2.52 bits per heavy atom. The third-order valence-corrected chi connectivity index (χ3v) is 4.92. The molecule has 0 saturated carbocycles. The summed E-state index contributed by atoms with van der Waals surface area (Å²) in [4.78, 5) is 13.5. The van der Waals surface area contributed by atoms with Gasteiger partial charge in [-0.2, -0.15) is 0 Å². The van der Waals surface area contributed by atoms with Crippen LogP contribution in [0.5, 0.6) is 0 Å². The molecular formula is C21H17NO2S. The molecule has 0 aliphatic carbocycles. The molecule has 25 heavy (non-hydrogen) atoms. The lowest BCUT2D eigenvalue weighted by atomic mass is 10.1. The second-order valence-electron chi connectivity index (χ2n) is 5.88. The smallest absolute Gasteiger partial charge is 0.228 e. The van der Waals surface area contributed by atoms with Gasteiger partial charge < -0.3 is 9.73 Å². The van der Waals surface area contributed by atoms with Gasteiger partial charge in [0.05, 0.1) is 6.42 Å². The van der Waals surface area contributed by atoms with Crippen molar-refractivity contribution in [2.24, 2.45) is 0 Å². The minimum atomic E-state index is -0.0240. The lowest BCUT2D eigenvalue weighted by Crippen LogP contribution is -2.14. The van der Waals surface area contributed by atoms with Gasteiger partial charge in [-0.3, -0.25) is 4.79 Å². The number of carbonyl (C=O) groups is 1. The first-order valence-electron chi connectivity index (χ1n) is 8.07. The zero-order valence-electron chi connectivity index (χ0n) is 13.8. The minimum Gasteiger partial charge on any atom is -0.456 e. The number of thioether (sulfide) groups is 1. The summed E-state index contributed by atoms with van der Waals surface area (Å²) in [5, 5.41) is 5.07. The highest BCUT2D eigenvalue weighted by molar-refractivity contribution is 7.98. The molecule has 4 aromatic rings. The van der Waals surface area contributed by atoms with E-state index in [2.05, 4.69) is 5.32 Å². The fourth-order valence-electron chi connectivity index (χ4n) is 2.95. The first-order chi connectivity index (χ1) is 12.2. The van der Waals surface area contributed by atoms with E-state index in [1.807, 2.05) is 73.0 Å². The lowest BCUT2D eigenvalue weighted by Gasteiger charge is -2.06. The van der Waals surface area contributed by atoms with E-state index in [0.29, 0.717) is 6.42 Å². The standard InChI is InChI=1S/C21H17NO2S/c1-25-16-9-7-15(8-10-16)22-21(23)13-14-6-11-20-18(12-14)17-4-2-3-5-19(17)24-20/h2-12H,13H2,1H3,(H,22,23). The van der Waals surface area contributed by atoms with Crippen LogP contribution in [0.4, 0.5) is 5.69 Å². The molecule has 124 valence electrons. The second-order valence-corrected chi connectivity index (χ2v) is 6.76. The Bertz CT molecular complexity index is 1050. The highest BCUT2D eigenvalue weighted by Gasteiger charge is 2.09. The zero-order chi connectivity index (χ0) is 17.2. The van der Waals surface area contributed by atoms with Gasteiger partial charge in [-0.05, 0) is 54.3 Å². The number of hydrogen-bond donors (Lipinski definition) is 1. The van der Waals surface area contributed by atoms with Crippen LogP contribution >= 0.6 is 11.8 Å². The molecule has 0 spiro atoms. The molecule has 0 bridgehead atoms. The molecule has 0 unspecified atom stereocenters.